The van der Waals surface area contributed by atoms with Crippen LogP contribution < -0.4 is 5.73 Å². The van der Waals surface area contributed by atoms with E-state index in [4.69, 9.17) is 10.2 Å². The van der Waals surface area contributed by atoms with Crippen LogP contribution in [0.3, 0.4) is 0 Å². The van der Waals surface area contributed by atoms with Gasteiger partial charge in [-0.15, -0.1) is 0 Å². The van der Waals surface area contributed by atoms with E-state index in [1.54, 1.807) is 12.3 Å². The van der Waals surface area contributed by atoms with Crippen molar-refractivity contribution in [2.75, 3.05) is 5.73 Å². The highest BCUT2D eigenvalue weighted by Gasteiger charge is 2.11. The zero-order valence-corrected chi connectivity index (χ0v) is 8.95. The van der Waals surface area contributed by atoms with Gasteiger partial charge in [-0.3, -0.25) is 0 Å². The quantitative estimate of drug-likeness (QED) is 0.743. The predicted octanol–water partition coefficient (Wildman–Crippen LogP) is 3.48. The molecule has 1 heterocycles. The highest BCUT2D eigenvalue weighted by molar-refractivity contribution is 5.72. The van der Waals surface area contributed by atoms with Crippen LogP contribution in [0, 0.1) is 5.92 Å². The van der Waals surface area contributed by atoms with Crippen molar-refractivity contribution >= 4 is 11.3 Å². The molecule has 1 aromatic heterocycles. The van der Waals surface area contributed by atoms with E-state index in [2.05, 4.69) is 13.8 Å². The first-order valence-electron chi connectivity index (χ1n) is 4.83. The smallest absolute Gasteiger partial charge is 0.152 e. The molecule has 2 nitrogen and oxygen atoms in total. The minimum Gasteiger partial charge on any atom is -0.462 e. The highest BCUT2D eigenvalue weighted by Crippen LogP contribution is 2.28. The second-order valence-corrected chi connectivity index (χ2v) is 3.51. The van der Waals surface area contributed by atoms with Crippen LogP contribution in [0.1, 0.15) is 26.5 Å². The van der Waals surface area contributed by atoms with E-state index in [9.17, 15) is 0 Å². The van der Waals surface area contributed by atoms with Crippen molar-refractivity contribution < 1.29 is 4.42 Å². The summed E-state index contributed by atoms with van der Waals surface area (Å²) in [7, 11) is 0. The second kappa shape index (κ2) is 4.70. The number of rotatable bonds is 3. The molecule has 0 saturated heterocycles. The summed E-state index contributed by atoms with van der Waals surface area (Å²) in [5, 5.41) is 0. The summed E-state index contributed by atoms with van der Waals surface area (Å²) in [6.07, 6.45) is 7.65. The lowest BCUT2D eigenvalue weighted by molar-refractivity contribution is 0.546. The first kappa shape index (κ1) is 10.6. The summed E-state index contributed by atoms with van der Waals surface area (Å²) in [5.74, 6) is 1.19. The third kappa shape index (κ3) is 2.28. The van der Waals surface area contributed by atoms with Gasteiger partial charge in [-0.25, -0.2) is 0 Å². The van der Waals surface area contributed by atoms with E-state index in [0.717, 1.165) is 11.3 Å². The molecule has 0 amide bonds. The molecule has 0 spiro atoms. The van der Waals surface area contributed by atoms with Crippen LogP contribution in [0.5, 0.6) is 0 Å². The number of furan rings is 1. The van der Waals surface area contributed by atoms with E-state index in [0.29, 0.717) is 11.6 Å². The molecule has 76 valence electrons. The van der Waals surface area contributed by atoms with Crippen LogP contribution >= 0.6 is 0 Å². The normalized spacial score (nSPS) is 13.0. The van der Waals surface area contributed by atoms with Crippen molar-refractivity contribution in [2.45, 2.75) is 20.8 Å². The summed E-state index contributed by atoms with van der Waals surface area (Å²) in [4.78, 5) is 0. The van der Waals surface area contributed by atoms with Crippen molar-refractivity contribution in [3.8, 4) is 0 Å². The maximum atomic E-state index is 5.79. The van der Waals surface area contributed by atoms with Gasteiger partial charge in [0.25, 0.3) is 0 Å². The molecule has 0 fully saturated rings. The lowest BCUT2D eigenvalue weighted by Crippen LogP contribution is -1.95. The Bertz CT molecular complexity index is 345. The highest BCUT2D eigenvalue weighted by atomic mass is 16.3. The molecule has 0 bridgehead atoms. The lowest BCUT2D eigenvalue weighted by atomic mass is 9.99. The molecular formula is C12H17NO. The van der Waals surface area contributed by atoms with Gasteiger partial charge >= 0.3 is 0 Å². The third-order valence-corrected chi connectivity index (χ3v) is 2.05. The lowest BCUT2D eigenvalue weighted by Gasteiger charge is -2.08. The molecule has 14 heavy (non-hydrogen) atoms. The number of hydrogen-bond donors (Lipinski definition) is 1. The Morgan fingerprint density at radius 1 is 1.50 bits per heavy atom. The Labute approximate surface area is 85.1 Å². The van der Waals surface area contributed by atoms with E-state index >= 15 is 0 Å². The van der Waals surface area contributed by atoms with Gasteiger partial charge in [0.2, 0.25) is 0 Å². The molecule has 0 aliphatic heterocycles. The number of allylic oxidation sites excluding steroid dienone is 4. The monoisotopic (exact) mass is 191 g/mol. The maximum Gasteiger partial charge on any atom is 0.152 e. The summed E-state index contributed by atoms with van der Waals surface area (Å²) >= 11 is 0. The average Bonchev–Trinajstić information content (AvgIpc) is 2.52. The van der Waals surface area contributed by atoms with Crippen LogP contribution in [-0.2, 0) is 0 Å². The molecule has 0 saturated carbocycles. The zero-order chi connectivity index (χ0) is 10.6. The van der Waals surface area contributed by atoms with Crippen molar-refractivity contribution in [2.24, 2.45) is 5.92 Å². The van der Waals surface area contributed by atoms with Gasteiger partial charge < -0.3 is 10.2 Å². The van der Waals surface area contributed by atoms with Gasteiger partial charge in [-0.2, -0.15) is 0 Å². The zero-order valence-electron chi connectivity index (χ0n) is 8.95. The van der Waals surface area contributed by atoms with E-state index < -0.39 is 0 Å². The van der Waals surface area contributed by atoms with Crippen LogP contribution in [0.15, 0.2) is 35.0 Å². The summed E-state index contributed by atoms with van der Waals surface area (Å²) in [6, 6.07) is 1.78. The molecule has 1 aromatic rings. The molecule has 0 aliphatic rings. The fourth-order valence-electron chi connectivity index (χ4n) is 1.28. The number of hydrogen-bond acceptors (Lipinski definition) is 2. The molecule has 2 heteroatoms. The minimum atomic E-state index is 0.402. The average molecular weight is 191 g/mol. The molecule has 1 rings (SSSR count). The van der Waals surface area contributed by atoms with Gasteiger partial charge in [0, 0.05) is 6.07 Å². The largest absolute Gasteiger partial charge is 0.462 e. The molecule has 0 radical (unpaired) electrons. The minimum absolute atomic E-state index is 0.402. The van der Waals surface area contributed by atoms with Gasteiger partial charge in [-0.05, 0) is 18.4 Å². The summed E-state index contributed by atoms with van der Waals surface area (Å²) in [6.45, 7) is 6.23. The van der Waals surface area contributed by atoms with Crippen LogP contribution in [-0.4, -0.2) is 0 Å². The van der Waals surface area contributed by atoms with Crippen LogP contribution in [0.25, 0.3) is 5.57 Å². The SMILES string of the molecule is C/C=C\C=C(/c1occc1N)C(C)C. The van der Waals surface area contributed by atoms with E-state index in [1.165, 1.54) is 0 Å². The second-order valence-electron chi connectivity index (χ2n) is 3.51. The fourth-order valence-corrected chi connectivity index (χ4v) is 1.28. The Kier molecular flexibility index (Phi) is 3.57. The topological polar surface area (TPSA) is 39.2 Å². The number of nitrogens with two attached hydrogens (primary N) is 1. The van der Waals surface area contributed by atoms with Crippen molar-refractivity contribution in [3.63, 3.8) is 0 Å². The van der Waals surface area contributed by atoms with Crippen LogP contribution in [0.2, 0.25) is 0 Å². The maximum absolute atomic E-state index is 5.79. The Morgan fingerprint density at radius 3 is 2.64 bits per heavy atom. The molecule has 0 atom stereocenters. The van der Waals surface area contributed by atoms with Crippen molar-refractivity contribution in [1.29, 1.82) is 0 Å². The predicted molar refractivity (Wildman–Crippen MR) is 60.7 cm³/mol. The summed E-state index contributed by atoms with van der Waals surface area (Å²) < 4.78 is 5.36. The molecule has 0 unspecified atom stereocenters. The first-order valence-corrected chi connectivity index (χ1v) is 4.83. The van der Waals surface area contributed by atoms with Gasteiger partial charge in [0.05, 0.1) is 12.0 Å². The standard InChI is InChI=1S/C12H17NO/c1-4-5-6-10(9(2)3)12-11(13)7-8-14-12/h4-9H,13H2,1-3H3/b5-4-,10-6-. The Hall–Kier alpha value is -1.44. The third-order valence-electron chi connectivity index (χ3n) is 2.05. The van der Waals surface area contributed by atoms with Gasteiger partial charge in [0.1, 0.15) is 0 Å². The Morgan fingerprint density at radius 2 is 2.21 bits per heavy atom. The molecule has 0 aliphatic carbocycles. The molecule has 0 aromatic carbocycles. The number of anilines is 1. The fraction of sp³-hybridized carbons (Fsp3) is 0.333. The summed E-state index contributed by atoms with van der Waals surface area (Å²) in [5.41, 5.74) is 7.63. The first-order chi connectivity index (χ1) is 6.66. The van der Waals surface area contributed by atoms with Crippen LogP contribution in [0.4, 0.5) is 5.69 Å². The number of nitrogen functional groups attached to an aromatic ring is 1. The Balaban J connectivity index is 3.07. The van der Waals surface area contributed by atoms with Crippen molar-refractivity contribution in [1.82, 2.24) is 0 Å². The molecule has 2 N–H and O–H groups in total. The molecular weight excluding hydrogens is 174 g/mol. The van der Waals surface area contributed by atoms with E-state index in [-0.39, 0.29) is 0 Å². The van der Waals surface area contributed by atoms with Crippen molar-refractivity contribution in [3.05, 3.63) is 36.3 Å². The van der Waals surface area contributed by atoms with Gasteiger partial charge in [-0.1, -0.05) is 32.1 Å². The van der Waals surface area contributed by atoms with E-state index in [1.807, 2.05) is 25.2 Å². The van der Waals surface area contributed by atoms with Gasteiger partial charge in [0.15, 0.2) is 5.76 Å².